The van der Waals surface area contributed by atoms with Crippen LogP contribution in [-0.2, 0) is 15.8 Å². The third-order valence-electron chi connectivity index (χ3n) is 6.35. The fourth-order valence-electron chi connectivity index (χ4n) is 5.12. The van der Waals surface area contributed by atoms with E-state index in [0.717, 1.165) is 10.7 Å². The highest BCUT2D eigenvalue weighted by atomic mass is 32.1. The number of oxazole rings is 1. The summed E-state index contributed by atoms with van der Waals surface area (Å²) in [5.41, 5.74) is -1.68. The van der Waals surface area contributed by atoms with E-state index in [4.69, 9.17) is 23.6 Å². The van der Waals surface area contributed by atoms with Gasteiger partial charge in [0, 0.05) is 41.9 Å². The number of furan rings is 1. The summed E-state index contributed by atoms with van der Waals surface area (Å²) in [5, 5.41) is 11.6. The van der Waals surface area contributed by atoms with Gasteiger partial charge in [0.05, 0.1) is 18.7 Å². The molecular weight excluding hydrogens is 468 g/mol. The van der Waals surface area contributed by atoms with Gasteiger partial charge in [-0.05, 0) is 24.3 Å². The summed E-state index contributed by atoms with van der Waals surface area (Å²) in [7, 11) is 0. The molecule has 0 saturated carbocycles. The minimum atomic E-state index is -1.34. The van der Waals surface area contributed by atoms with Crippen LogP contribution in [0.1, 0.15) is 34.3 Å². The van der Waals surface area contributed by atoms with E-state index in [2.05, 4.69) is 25.1 Å². The van der Waals surface area contributed by atoms with E-state index in [-0.39, 0.29) is 0 Å². The first-order valence-corrected chi connectivity index (χ1v) is 11.7. The van der Waals surface area contributed by atoms with Crippen molar-refractivity contribution in [2.45, 2.75) is 17.1 Å². The topological polar surface area (TPSA) is 138 Å². The molecule has 6 aromatic rings. The highest BCUT2D eigenvalue weighted by Crippen LogP contribution is 2.66. The van der Waals surface area contributed by atoms with E-state index in [0.29, 0.717) is 23.3 Å². The third-order valence-corrected chi connectivity index (χ3v) is 7.26. The number of nitrogens with zero attached hydrogens (tertiary/aromatic N) is 5. The number of nitrogens with one attached hydrogen (secondary N) is 3. The molecule has 11 nitrogen and oxygen atoms in total. The van der Waals surface area contributed by atoms with E-state index in [1.807, 2.05) is 41.9 Å². The van der Waals surface area contributed by atoms with E-state index in [1.54, 1.807) is 42.3 Å². The molecule has 3 atom stereocenters. The Hall–Kier alpha value is -4.42. The molecule has 0 spiro atoms. The molecule has 0 amide bonds. The number of thiazole rings is 1. The van der Waals surface area contributed by atoms with Gasteiger partial charge in [-0.1, -0.05) is 0 Å². The standard InChI is InChI=1S/C23H18N8O3S/c1-3-15(24-6-1)18-22(16-4-2-12-32-16,21-28-11-14-35-21)23(19-25-8-9-26-19,20-27-10-13-33-20)31(34-18)17-5-7-29-30-17/h1-14,18,24H,(H,25,26)(H,29,30). The molecule has 35 heavy (non-hydrogen) atoms. The van der Waals surface area contributed by atoms with Gasteiger partial charge in [-0.15, -0.1) is 11.3 Å². The number of hydrogen-bond donors (Lipinski definition) is 3. The van der Waals surface area contributed by atoms with Crippen molar-refractivity contribution < 1.29 is 13.7 Å². The number of aromatic nitrogens is 7. The molecular formula is C23H18N8O3S. The Morgan fingerprint density at radius 1 is 0.914 bits per heavy atom. The molecule has 1 aliphatic heterocycles. The third kappa shape index (κ3) is 2.52. The van der Waals surface area contributed by atoms with Crippen LogP contribution in [0.4, 0.5) is 5.82 Å². The molecule has 7 rings (SSSR count). The zero-order valence-corrected chi connectivity index (χ0v) is 18.8. The van der Waals surface area contributed by atoms with Gasteiger partial charge < -0.3 is 18.8 Å². The van der Waals surface area contributed by atoms with Gasteiger partial charge in [0.15, 0.2) is 5.41 Å². The highest BCUT2D eigenvalue weighted by Gasteiger charge is 2.77. The largest absolute Gasteiger partial charge is 0.468 e. The van der Waals surface area contributed by atoms with Crippen molar-refractivity contribution in [1.29, 1.82) is 0 Å². The second kappa shape index (κ2) is 7.55. The quantitative estimate of drug-likeness (QED) is 0.322. The van der Waals surface area contributed by atoms with Crippen molar-refractivity contribution in [2.24, 2.45) is 0 Å². The lowest BCUT2D eigenvalue weighted by Crippen LogP contribution is -2.57. The first kappa shape index (κ1) is 20.0. The summed E-state index contributed by atoms with van der Waals surface area (Å²) in [6, 6.07) is 9.46. The fourth-order valence-corrected chi connectivity index (χ4v) is 6.03. The van der Waals surface area contributed by atoms with Crippen molar-refractivity contribution >= 4 is 17.2 Å². The van der Waals surface area contributed by atoms with Gasteiger partial charge in [-0.3, -0.25) is 9.94 Å². The summed E-state index contributed by atoms with van der Waals surface area (Å²) >= 11 is 1.49. The lowest BCUT2D eigenvalue weighted by atomic mass is 9.63. The number of hydrogen-bond acceptors (Lipinski definition) is 9. The lowest BCUT2D eigenvalue weighted by Gasteiger charge is -2.42. The van der Waals surface area contributed by atoms with Crippen LogP contribution >= 0.6 is 11.3 Å². The Morgan fingerprint density at radius 3 is 2.57 bits per heavy atom. The Morgan fingerprint density at radius 2 is 1.91 bits per heavy atom. The van der Waals surface area contributed by atoms with E-state index in [9.17, 15) is 0 Å². The minimum absolute atomic E-state index is 0.336. The monoisotopic (exact) mass is 486 g/mol. The molecule has 0 aromatic carbocycles. The zero-order chi connectivity index (χ0) is 23.3. The number of rotatable bonds is 6. The average molecular weight is 487 g/mol. The zero-order valence-electron chi connectivity index (χ0n) is 18.0. The number of anilines is 1. The van der Waals surface area contributed by atoms with Crippen LogP contribution in [0.3, 0.4) is 0 Å². The second-order valence-corrected chi connectivity index (χ2v) is 8.85. The minimum Gasteiger partial charge on any atom is -0.468 e. The van der Waals surface area contributed by atoms with Crippen LogP contribution in [0.5, 0.6) is 0 Å². The van der Waals surface area contributed by atoms with Crippen LogP contribution in [0.15, 0.2) is 94.3 Å². The van der Waals surface area contributed by atoms with Gasteiger partial charge >= 0.3 is 0 Å². The lowest BCUT2D eigenvalue weighted by molar-refractivity contribution is 0.0575. The summed E-state index contributed by atoms with van der Waals surface area (Å²) in [6.07, 6.45) is 12.8. The molecule has 174 valence electrons. The number of H-pyrrole nitrogens is 3. The molecule has 0 bridgehead atoms. The molecule has 3 N–H and O–H groups in total. The Labute approximate surface area is 201 Å². The van der Waals surface area contributed by atoms with Crippen molar-refractivity contribution in [3.8, 4) is 0 Å². The van der Waals surface area contributed by atoms with Crippen molar-refractivity contribution in [2.75, 3.05) is 5.06 Å². The molecule has 1 aliphatic rings. The summed E-state index contributed by atoms with van der Waals surface area (Å²) in [4.78, 5) is 27.7. The maximum Gasteiger partial charge on any atom is 0.232 e. The van der Waals surface area contributed by atoms with Crippen LogP contribution in [-0.4, -0.2) is 35.1 Å². The summed E-state index contributed by atoms with van der Waals surface area (Å²) < 4.78 is 12.3. The van der Waals surface area contributed by atoms with Gasteiger partial charge in [-0.2, -0.15) is 5.10 Å². The molecule has 0 radical (unpaired) electrons. The van der Waals surface area contributed by atoms with E-state index < -0.39 is 17.1 Å². The second-order valence-electron chi connectivity index (χ2n) is 7.96. The predicted octanol–water partition coefficient (Wildman–Crippen LogP) is 3.92. The Balaban J connectivity index is 1.69. The molecule has 12 heteroatoms. The van der Waals surface area contributed by atoms with E-state index in [1.165, 1.54) is 17.6 Å². The molecule has 3 unspecified atom stereocenters. The molecule has 1 saturated heterocycles. The first-order valence-electron chi connectivity index (χ1n) is 10.8. The SMILES string of the molecule is c1c[nH]c(C2ON(c3ccn[nH]3)C(c3ncc[nH]3)(c3ncco3)C2(c2ccco2)c2nccs2)c1. The van der Waals surface area contributed by atoms with E-state index >= 15 is 0 Å². The van der Waals surface area contributed by atoms with Crippen LogP contribution in [0, 0.1) is 0 Å². The predicted molar refractivity (Wildman–Crippen MR) is 123 cm³/mol. The molecule has 7 heterocycles. The Bertz CT molecular complexity index is 1290. The van der Waals surface area contributed by atoms with Crippen LogP contribution in [0.25, 0.3) is 0 Å². The summed E-state index contributed by atoms with van der Waals surface area (Å²) in [5.74, 6) is 2.03. The number of aromatic amines is 3. The molecule has 1 fully saturated rings. The fraction of sp³-hybridized carbons (Fsp3) is 0.130. The normalized spacial score (nSPS) is 24.3. The Kier molecular flexibility index (Phi) is 4.31. The van der Waals surface area contributed by atoms with Gasteiger partial charge in [0.25, 0.3) is 0 Å². The molecule has 0 aliphatic carbocycles. The first-order chi connectivity index (χ1) is 17.4. The maximum absolute atomic E-state index is 6.85. The smallest absolute Gasteiger partial charge is 0.232 e. The van der Waals surface area contributed by atoms with Crippen molar-refractivity contribution in [3.63, 3.8) is 0 Å². The van der Waals surface area contributed by atoms with Crippen molar-refractivity contribution in [3.05, 3.63) is 114 Å². The van der Waals surface area contributed by atoms with Crippen LogP contribution < -0.4 is 5.06 Å². The maximum atomic E-state index is 6.85. The number of imidazole rings is 1. The van der Waals surface area contributed by atoms with Gasteiger partial charge in [0.2, 0.25) is 11.4 Å². The molecule has 6 aromatic heterocycles. The van der Waals surface area contributed by atoms with Crippen LogP contribution in [0.2, 0.25) is 0 Å². The average Bonchev–Trinajstić information content (AvgIpc) is 3.71. The highest BCUT2D eigenvalue weighted by molar-refractivity contribution is 7.09. The summed E-state index contributed by atoms with van der Waals surface area (Å²) in [6.45, 7) is 0. The van der Waals surface area contributed by atoms with Gasteiger partial charge in [0.1, 0.15) is 34.8 Å². The number of hydroxylamine groups is 1. The van der Waals surface area contributed by atoms with Gasteiger partial charge in [-0.25, -0.2) is 20.0 Å². The van der Waals surface area contributed by atoms with Crippen molar-refractivity contribution in [1.82, 2.24) is 35.1 Å².